The summed E-state index contributed by atoms with van der Waals surface area (Å²) >= 11 is 12.3. The molecule has 3 aromatic carbocycles. The number of rotatable bonds is 5. The van der Waals surface area contributed by atoms with E-state index in [1.54, 1.807) is 12.1 Å². The quantitative estimate of drug-likeness (QED) is 0.229. The van der Waals surface area contributed by atoms with Gasteiger partial charge >= 0.3 is 0 Å². The Balaban J connectivity index is 1.41. The van der Waals surface area contributed by atoms with Gasteiger partial charge in [0, 0.05) is 40.7 Å². The van der Waals surface area contributed by atoms with E-state index < -0.39 is 4.92 Å². The van der Waals surface area contributed by atoms with Crippen LogP contribution in [0.2, 0.25) is 10.0 Å². The summed E-state index contributed by atoms with van der Waals surface area (Å²) < 4.78 is 0. The molecule has 0 N–H and O–H groups in total. The molecule has 204 valence electrons. The molecule has 2 heterocycles. The minimum atomic E-state index is -0.399. The van der Waals surface area contributed by atoms with Crippen LogP contribution in [0.25, 0.3) is 6.08 Å². The molecule has 1 aliphatic carbocycles. The second-order valence-corrected chi connectivity index (χ2v) is 11.4. The van der Waals surface area contributed by atoms with Gasteiger partial charge < -0.3 is 4.90 Å². The zero-order valence-electron chi connectivity index (χ0n) is 21.8. The highest BCUT2D eigenvalue weighted by molar-refractivity contribution is 6.30. The number of carbonyl (C=O) groups is 1. The molecule has 0 unspecified atom stereocenters. The Bertz CT molecular complexity index is 1510. The summed E-state index contributed by atoms with van der Waals surface area (Å²) in [5.74, 6) is -0.361. The van der Waals surface area contributed by atoms with E-state index in [4.69, 9.17) is 28.3 Å². The third-order valence-electron chi connectivity index (χ3n) is 8.00. The predicted molar refractivity (Wildman–Crippen MR) is 159 cm³/mol. The largest absolute Gasteiger partial charge is 0.366 e. The van der Waals surface area contributed by atoms with E-state index in [0.717, 1.165) is 67.6 Å². The molecule has 2 aliphatic heterocycles. The average molecular weight is 575 g/mol. The number of nitro benzene ring substituents is 1. The van der Waals surface area contributed by atoms with Crippen LogP contribution in [0.4, 0.5) is 11.4 Å². The van der Waals surface area contributed by atoms with E-state index in [1.165, 1.54) is 11.1 Å². The van der Waals surface area contributed by atoms with Gasteiger partial charge in [-0.1, -0.05) is 47.5 Å². The molecular weight excluding hydrogens is 547 g/mol. The molecule has 0 aromatic heterocycles. The number of hydrazone groups is 1. The van der Waals surface area contributed by atoms with Crippen molar-refractivity contribution in [2.24, 2.45) is 11.0 Å². The molecule has 2 fully saturated rings. The zero-order chi connectivity index (χ0) is 27.8. The lowest BCUT2D eigenvalue weighted by atomic mass is 9.77. The molecule has 7 nitrogen and oxygen atoms in total. The van der Waals surface area contributed by atoms with Crippen molar-refractivity contribution in [2.45, 2.75) is 38.1 Å². The highest BCUT2D eigenvalue weighted by Crippen LogP contribution is 2.45. The molecule has 9 heteroatoms. The Hall–Kier alpha value is -3.68. The van der Waals surface area contributed by atoms with Gasteiger partial charge in [-0.2, -0.15) is 5.10 Å². The lowest BCUT2D eigenvalue weighted by Gasteiger charge is -2.29. The summed E-state index contributed by atoms with van der Waals surface area (Å²) in [6, 6.07) is 19.6. The molecule has 3 aliphatic rings. The average Bonchev–Trinajstić information content (AvgIpc) is 3.63. The van der Waals surface area contributed by atoms with Gasteiger partial charge in [-0.3, -0.25) is 14.9 Å². The molecular formula is C31H28Cl2N4O3. The Morgan fingerprint density at radius 1 is 0.950 bits per heavy atom. The van der Waals surface area contributed by atoms with Crippen molar-refractivity contribution in [1.29, 1.82) is 0 Å². The Morgan fingerprint density at radius 3 is 2.30 bits per heavy atom. The van der Waals surface area contributed by atoms with Crippen molar-refractivity contribution < 1.29 is 9.72 Å². The van der Waals surface area contributed by atoms with E-state index in [0.29, 0.717) is 15.7 Å². The van der Waals surface area contributed by atoms with E-state index in [9.17, 15) is 14.9 Å². The van der Waals surface area contributed by atoms with Crippen LogP contribution in [-0.4, -0.2) is 34.6 Å². The molecule has 1 saturated heterocycles. The lowest BCUT2D eigenvalue weighted by molar-refractivity contribution is -0.384. The molecule has 3 aromatic rings. The first kappa shape index (κ1) is 26.5. The van der Waals surface area contributed by atoms with Crippen LogP contribution >= 0.6 is 23.2 Å². The minimum Gasteiger partial charge on any atom is -0.366 e. The molecule has 0 spiro atoms. The van der Waals surface area contributed by atoms with Gasteiger partial charge in [0.15, 0.2) is 0 Å². The number of nitro groups is 1. The first-order chi connectivity index (χ1) is 19.4. The zero-order valence-corrected chi connectivity index (χ0v) is 23.3. The number of fused-ring (bicyclic) bond motifs is 1. The minimum absolute atomic E-state index is 0.00344. The standard InChI is InChI=1S/C31H28Cl2N4O3/c32-24-11-6-20(7-12-24)18-22-4-3-5-26-29(22)34-36(30(26)21-8-13-25(33)14-9-21)31(38)23-10-15-27(28(19-23)37(39)40)35-16-1-2-17-35/h6-15,18-19,26,30H,1-5,16-17H2/b22-18+/t26-,30-/m1/s1. The number of allylic oxidation sites excluding steroid dienone is 1. The third-order valence-corrected chi connectivity index (χ3v) is 8.50. The summed E-state index contributed by atoms with van der Waals surface area (Å²) in [6.07, 6.45) is 6.80. The summed E-state index contributed by atoms with van der Waals surface area (Å²) in [5, 5.41) is 19.8. The van der Waals surface area contributed by atoms with Crippen molar-refractivity contribution in [2.75, 3.05) is 18.0 Å². The molecule has 0 radical (unpaired) electrons. The topological polar surface area (TPSA) is 79.0 Å². The van der Waals surface area contributed by atoms with Crippen molar-refractivity contribution >= 4 is 52.3 Å². The van der Waals surface area contributed by atoms with Gasteiger partial charge in [0.2, 0.25) is 0 Å². The maximum atomic E-state index is 14.1. The molecule has 6 rings (SSSR count). The van der Waals surface area contributed by atoms with Crippen molar-refractivity contribution in [1.82, 2.24) is 5.01 Å². The van der Waals surface area contributed by atoms with Crippen molar-refractivity contribution in [3.8, 4) is 0 Å². The van der Waals surface area contributed by atoms with Crippen molar-refractivity contribution in [3.05, 3.63) is 109 Å². The Morgan fingerprint density at radius 2 is 1.62 bits per heavy atom. The van der Waals surface area contributed by atoms with Crippen molar-refractivity contribution in [3.63, 3.8) is 0 Å². The summed E-state index contributed by atoms with van der Waals surface area (Å²) in [7, 11) is 0. The number of hydrogen-bond acceptors (Lipinski definition) is 5. The smallest absolute Gasteiger partial charge is 0.293 e. The fourth-order valence-corrected chi connectivity index (χ4v) is 6.33. The molecule has 0 bridgehead atoms. The second-order valence-electron chi connectivity index (χ2n) is 10.5. The van der Waals surface area contributed by atoms with Crippen LogP contribution in [0.3, 0.4) is 0 Å². The Kier molecular flexibility index (Phi) is 7.34. The van der Waals surface area contributed by atoms with Gasteiger partial charge in [0.05, 0.1) is 16.7 Å². The molecule has 1 saturated carbocycles. The molecule has 2 atom stereocenters. The SMILES string of the molecule is O=C(c1ccc(N2CCCC2)c([N+](=O)[O-])c1)N1N=C2/C(=C/c3ccc(Cl)cc3)CCC[C@H]2[C@H]1c1ccc(Cl)cc1. The number of hydrogen-bond donors (Lipinski definition) is 0. The molecule has 1 amide bonds. The monoisotopic (exact) mass is 574 g/mol. The van der Waals surface area contributed by atoms with E-state index in [2.05, 4.69) is 6.08 Å². The van der Waals surface area contributed by atoms with Gasteiger partial charge in [-0.05, 0) is 91.3 Å². The highest BCUT2D eigenvalue weighted by atomic mass is 35.5. The van der Waals surface area contributed by atoms with Crippen LogP contribution in [0, 0.1) is 16.0 Å². The van der Waals surface area contributed by atoms with E-state index >= 15 is 0 Å². The maximum absolute atomic E-state index is 14.1. The lowest BCUT2D eigenvalue weighted by Crippen LogP contribution is -2.32. The highest BCUT2D eigenvalue weighted by Gasteiger charge is 2.44. The van der Waals surface area contributed by atoms with Gasteiger partial charge in [-0.15, -0.1) is 0 Å². The van der Waals surface area contributed by atoms with Crippen LogP contribution in [0.5, 0.6) is 0 Å². The number of amides is 1. The fraction of sp³-hybridized carbons (Fsp3) is 0.290. The second kappa shape index (κ2) is 11.1. The molecule has 40 heavy (non-hydrogen) atoms. The Labute approximate surface area is 242 Å². The van der Waals surface area contributed by atoms with E-state index in [1.807, 2.05) is 53.4 Å². The van der Waals surface area contributed by atoms with Crippen LogP contribution < -0.4 is 4.90 Å². The maximum Gasteiger partial charge on any atom is 0.293 e. The normalized spacial score (nSPS) is 21.4. The fourth-order valence-electron chi connectivity index (χ4n) is 6.08. The van der Waals surface area contributed by atoms with Crippen LogP contribution in [-0.2, 0) is 0 Å². The number of anilines is 1. The van der Waals surface area contributed by atoms with Gasteiger partial charge in [0.1, 0.15) is 5.69 Å². The number of benzene rings is 3. The number of nitrogens with zero attached hydrogens (tertiary/aromatic N) is 4. The van der Waals surface area contributed by atoms with Gasteiger partial charge in [0.25, 0.3) is 11.6 Å². The summed E-state index contributed by atoms with van der Waals surface area (Å²) in [6.45, 7) is 1.55. The van der Waals surface area contributed by atoms with E-state index in [-0.39, 0.29) is 29.1 Å². The van der Waals surface area contributed by atoms with Gasteiger partial charge in [-0.25, -0.2) is 5.01 Å². The number of carbonyl (C=O) groups excluding carboxylic acids is 1. The third kappa shape index (κ3) is 5.11. The van der Waals surface area contributed by atoms with Crippen LogP contribution in [0.1, 0.15) is 59.6 Å². The van der Waals surface area contributed by atoms with Crippen LogP contribution in [0.15, 0.2) is 77.4 Å². The first-order valence-electron chi connectivity index (χ1n) is 13.6. The summed E-state index contributed by atoms with van der Waals surface area (Å²) in [4.78, 5) is 27.7. The predicted octanol–water partition coefficient (Wildman–Crippen LogP) is 7.94. The first-order valence-corrected chi connectivity index (χ1v) is 14.3. The summed E-state index contributed by atoms with van der Waals surface area (Å²) in [5.41, 5.74) is 4.67. The number of halogens is 2.